The highest BCUT2D eigenvalue weighted by Gasteiger charge is 2.19. The number of nitrogens with one attached hydrogen (secondary N) is 3. The summed E-state index contributed by atoms with van der Waals surface area (Å²) in [4.78, 5) is 40.5. The standard InChI is InChI=1S/C22H24N4O4S/c1-3-19(27)26-22-25-16-11-10-15(12-18(16)31-22)23-21(29)24-17(13-20(28)30-4-2)14-8-6-5-7-9-14/h5-12,17H,3-4,13H2,1-2H3,(H2,23,24,29)(H,25,26,27). The fourth-order valence-corrected chi connectivity index (χ4v) is 3.83. The third kappa shape index (κ3) is 6.26. The van der Waals surface area contributed by atoms with E-state index in [0.29, 0.717) is 17.2 Å². The van der Waals surface area contributed by atoms with Crippen LogP contribution < -0.4 is 16.0 Å². The van der Waals surface area contributed by atoms with Gasteiger partial charge in [0.25, 0.3) is 0 Å². The number of ether oxygens (including phenoxy) is 1. The van der Waals surface area contributed by atoms with Gasteiger partial charge in [-0.15, -0.1) is 0 Å². The van der Waals surface area contributed by atoms with E-state index in [1.165, 1.54) is 11.3 Å². The number of thiazole rings is 1. The van der Waals surface area contributed by atoms with Crippen LogP contribution in [0.1, 0.15) is 38.3 Å². The first-order chi connectivity index (χ1) is 15.0. The van der Waals surface area contributed by atoms with Crippen molar-refractivity contribution in [2.45, 2.75) is 32.7 Å². The molecule has 2 aromatic carbocycles. The average molecular weight is 441 g/mol. The number of amides is 3. The van der Waals surface area contributed by atoms with Gasteiger partial charge in [-0.3, -0.25) is 9.59 Å². The van der Waals surface area contributed by atoms with Crippen LogP contribution in [0, 0.1) is 0 Å². The number of anilines is 2. The first-order valence-corrected chi connectivity index (χ1v) is 10.8. The molecule has 1 aromatic heterocycles. The Labute approximate surface area is 184 Å². The van der Waals surface area contributed by atoms with E-state index >= 15 is 0 Å². The molecule has 162 valence electrons. The molecule has 0 saturated heterocycles. The van der Waals surface area contributed by atoms with E-state index < -0.39 is 12.1 Å². The minimum absolute atomic E-state index is 0.0274. The van der Waals surface area contributed by atoms with E-state index in [1.54, 1.807) is 32.0 Å². The van der Waals surface area contributed by atoms with Crippen molar-refractivity contribution < 1.29 is 19.1 Å². The highest BCUT2D eigenvalue weighted by molar-refractivity contribution is 7.22. The largest absolute Gasteiger partial charge is 0.466 e. The van der Waals surface area contributed by atoms with Crippen LogP contribution in [0.4, 0.5) is 15.6 Å². The highest BCUT2D eigenvalue weighted by Crippen LogP contribution is 2.28. The predicted molar refractivity (Wildman–Crippen MR) is 121 cm³/mol. The minimum atomic E-state index is -0.525. The van der Waals surface area contributed by atoms with Crippen LogP contribution in [-0.2, 0) is 14.3 Å². The maximum absolute atomic E-state index is 12.6. The van der Waals surface area contributed by atoms with E-state index in [2.05, 4.69) is 20.9 Å². The quantitative estimate of drug-likeness (QED) is 0.448. The fraction of sp³-hybridized carbons (Fsp3) is 0.273. The SMILES string of the molecule is CCOC(=O)CC(NC(=O)Nc1ccc2nc(NC(=O)CC)sc2c1)c1ccccc1. The van der Waals surface area contributed by atoms with Crippen molar-refractivity contribution in [1.29, 1.82) is 0 Å². The number of rotatable bonds is 8. The summed E-state index contributed by atoms with van der Waals surface area (Å²) in [5, 5.41) is 8.88. The summed E-state index contributed by atoms with van der Waals surface area (Å²) in [5.41, 5.74) is 2.11. The molecular formula is C22H24N4O4S. The van der Waals surface area contributed by atoms with Gasteiger partial charge in [-0.2, -0.15) is 0 Å². The lowest BCUT2D eigenvalue weighted by Crippen LogP contribution is -2.34. The van der Waals surface area contributed by atoms with Crippen molar-refractivity contribution in [3.05, 3.63) is 54.1 Å². The summed E-state index contributed by atoms with van der Waals surface area (Å²) in [5.74, 6) is -0.491. The number of benzene rings is 2. The Balaban J connectivity index is 1.70. The van der Waals surface area contributed by atoms with Gasteiger partial charge < -0.3 is 20.7 Å². The van der Waals surface area contributed by atoms with Crippen LogP contribution >= 0.6 is 11.3 Å². The Morgan fingerprint density at radius 2 is 1.84 bits per heavy atom. The van der Waals surface area contributed by atoms with Gasteiger partial charge in [0, 0.05) is 12.1 Å². The van der Waals surface area contributed by atoms with Crippen molar-refractivity contribution in [2.75, 3.05) is 17.2 Å². The van der Waals surface area contributed by atoms with Crippen molar-refractivity contribution in [1.82, 2.24) is 10.3 Å². The molecule has 3 rings (SSSR count). The summed E-state index contributed by atoms with van der Waals surface area (Å²) >= 11 is 1.33. The van der Waals surface area contributed by atoms with Crippen LogP contribution in [-0.4, -0.2) is 29.5 Å². The molecule has 0 fully saturated rings. The maximum Gasteiger partial charge on any atom is 0.319 e. The number of carbonyl (C=O) groups is 3. The van der Waals surface area contributed by atoms with E-state index in [0.717, 1.165) is 15.8 Å². The monoisotopic (exact) mass is 440 g/mol. The molecule has 1 atom stereocenters. The zero-order valence-electron chi connectivity index (χ0n) is 17.3. The second-order valence-electron chi connectivity index (χ2n) is 6.67. The van der Waals surface area contributed by atoms with Crippen LogP contribution in [0.3, 0.4) is 0 Å². The molecule has 8 nitrogen and oxygen atoms in total. The molecule has 0 radical (unpaired) electrons. The van der Waals surface area contributed by atoms with Gasteiger partial charge in [0.15, 0.2) is 5.13 Å². The number of esters is 1. The lowest BCUT2D eigenvalue weighted by molar-refractivity contribution is -0.143. The van der Waals surface area contributed by atoms with Crippen LogP contribution in [0.2, 0.25) is 0 Å². The first kappa shape index (κ1) is 22.2. The van der Waals surface area contributed by atoms with Crippen LogP contribution in [0.5, 0.6) is 0 Å². The molecule has 0 aliphatic heterocycles. The molecule has 0 bridgehead atoms. The summed E-state index contributed by atoms with van der Waals surface area (Å²) in [6, 6.07) is 13.6. The number of aromatic nitrogens is 1. The second kappa shape index (κ2) is 10.5. The van der Waals surface area contributed by atoms with E-state index in [-0.39, 0.29) is 24.9 Å². The normalized spacial score (nSPS) is 11.5. The Bertz CT molecular complexity index is 1070. The van der Waals surface area contributed by atoms with Crippen LogP contribution in [0.25, 0.3) is 10.2 Å². The van der Waals surface area contributed by atoms with E-state index in [9.17, 15) is 14.4 Å². The van der Waals surface area contributed by atoms with E-state index in [4.69, 9.17) is 4.74 Å². The predicted octanol–water partition coefficient (Wildman–Crippen LogP) is 4.46. The molecule has 1 heterocycles. The fourth-order valence-electron chi connectivity index (χ4n) is 2.91. The van der Waals surface area contributed by atoms with E-state index in [1.807, 2.05) is 30.3 Å². The first-order valence-electron chi connectivity index (χ1n) is 9.97. The highest BCUT2D eigenvalue weighted by atomic mass is 32.1. The summed E-state index contributed by atoms with van der Waals surface area (Å²) in [7, 11) is 0. The van der Waals surface area contributed by atoms with Gasteiger partial charge in [0.1, 0.15) is 0 Å². The Morgan fingerprint density at radius 3 is 2.55 bits per heavy atom. The molecule has 31 heavy (non-hydrogen) atoms. The maximum atomic E-state index is 12.6. The third-order valence-corrected chi connectivity index (χ3v) is 5.33. The number of fused-ring (bicyclic) bond motifs is 1. The van der Waals surface area contributed by atoms with Gasteiger partial charge in [0.2, 0.25) is 5.91 Å². The van der Waals surface area contributed by atoms with Gasteiger partial charge in [-0.05, 0) is 30.7 Å². The molecule has 0 saturated carbocycles. The summed E-state index contributed by atoms with van der Waals surface area (Å²) in [6.07, 6.45) is 0.400. The summed E-state index contributed by atoms with van der Waals surface area (Å²) < 4.78 is 5.86. The summed E-state index contributed by atoms with van der Waals surface area (Å²) in [6.45, 7) is 3.79. The van der Waals surface area contributed by atoms with Gasteiger partial charge in [0.05, 0.1) is 29.3 Å². The molecule has 0 aliphatic carbocycles. The van der Waals surface area contributed by atoms with Crippen molar-refractivity contribution in [3.8, 4) is 0 Å². The number of nitrogens with zero attached hydrogens (tertiary/aromatic N) is 1. The number of hydrogen-bond acceptors (Lipinski definition) is 6. The van der Waals surface area contributed by atoms with Crippen molar-refractivity contribution >= 4 is 50.3 Å². The van der Waals surface area contributed by atoms with Crippen LogP contribution in [0.15, 0.2) is 48.5 Å². The molecule has 9 heteroatoms. The number of carbonyl (C=O) groups excluding carboxylic acids is 3. The van der Waals surface area contributed by atoms with Gasteiger partial charge in [-0.25, -0.2) is 9.78 Å². The second-order valence-corrected chi connectivity index (χ2v) is 7.70. The Kier molecular flexibility index (Phi) is 7.55. The zero-order valence-corrected chi connectivity index (χ0v) is 18.1. The molecule has 0 spiro atoms. The average Bonchev–Trinajstić information content (AvgIpc) is 3.15. The molecule has 1 unspecified atom stereocenters. The number of urea groups is 1. The molecule has 3 aromatic rings. The molecule has 3 N–H and O–H groups in total. The smallest absolute Gasteiger partial charge is 0.319 e. The van der Waals surface area contributed by atoms with Gasteiger partial charge in [-0.1, -0.05) is 48.6 Å². The lowest BCUT2D eigenvalue weighted by atomic mass is 10.0. The van der Waals surface area contributed by atoms with Gasteiger partial charge >= 0.3 is 12.0 Å². The molecular weight excluding hydrogens is 416 g/mol. The van der Waals surface area contributed by atoms with Crippen molar-refractivity contribution in [2.24, 2.45) is 0 Å². The third-order valence-electron chi connectivity index (χ3n) is 4.40. The Morgan fingerprint density at radius 1 is 1.06 bits per heavy atom. The molecule has 0 aliphatic rings. The number of hydrogen-bond donors (Lipinski definition) is 3. The van der Waals surface area contributed by atoms with Crippen molar-refractivity contribution in [3.63, 3.8) is 0 Å². The minimum Gasteiger partial charge on any atom is -0.466 e. The topological polar surface area (TPSA) is 109 Å². The zero-order chi connectivity index (χ0) is 22.2. The lowest BCUT2D eigenvalue weighted by Gasteiger charge is -2.19. The Hall–Kier alpha value is -3.46. The molecule has 3 amide bonds.